The number of hydrogen-bond acceptors (Lipinski definition) is 7. The number of pyridine rings is 1. The highest BCUT2D eigenvalue weighted by molar-refractivity contribution is 5.74. The number of ether oxygens (including phenoxy) is 3. The Balaban J connectivity index is 1.21. The van der Waals surface area contributed by atoms with Crippen LogP contribution in [0.2, 0.25) is 0 Å². The molecular weight excluding hydrogens is 554 g/mol. The lowest BCUT2D eigenvalue weighted by Gasteiger charge is -2.38. The quantitative estimate of drug-likeness (QED) is 0.338. The average molecular weight is 600 g/mol. The molecule has 1 N–H and O–H groups in total. The Kier molecular flexibility index (Phi) is 9.21. The monoisotopic (exact) mass is 599 g/mol. The smallest absolute Gasteiger partial charge is 0.309 e. The second-order valence-electron chi connectivity index (χ2n) is 12.8. The molecule has 234 valence electrons. The lowest BCUT2D eigenvalue weighted by Crippen LogP contribution is -2.42. The topological polar surface area (TPSA) is 84.4 Å². The van der Waals surface area contributed by atoms with E-state index in [1.165, 1.54) is 22.3 Å². The van der Waals surface area contributed by atoms with Crippen molar-refractivity contribution in [2.45, 2.75) is 65.3 Å². The van der Waals surface area contributed by atoms with E-state index < -0.39 is 11.9 Å². The number of aromatic nitrogens is 1. The Morgan fingerprint density at radius 2 is 1.93 bits per heavy atom. The van der Waals surface area contributed by atoms with Gasteiger partial charge in [0.15, 0.2) is 0 Å². The summed E-state index contributed by atoms with van der Waals surface area (Å²) in [6.07, 6.45) is 3.32. The lowest BCUT2D eigenvalue weighted by molar-refractivity contribution is -0.143. The molecule has 0 aliphatic carbocycles. The summed E-state index contributed by atoms with van der Waals surface area (Å²) in [6.45, 7) is 11.6. The molecule has 2 unspecified atom stereocenters. The van der Waals surface area contributed by atoms with Gasteiger partial charge >= 0.3 is 5.97 Å². The lowest BCUT2D eigenvalue weighted by atomic mass is 9.91. The molecule has 8 nitrogen and oxygen atoms in total. The van der Waals surface area contributed by atoms with E-state index in [2.05, 4.69) is 47.9 Å². The number of methoxy groups -OCH3 is 1. The molecule has 2 saturated heterocycles. The largest absolute Gasteiger partial charge is 0.488 e. The molecular formula is C36H45N3O5. The minimum atomic E-state index is -0.790. The molecule has 0 spiro atoms. The fraction of sp³-hybridized carbons (Fsp3) is 0.500. The maximum atomic E-state index is 12.1. The van der Waals surface area contributed by atoms with Crippen molar-refractivity contribution >= 4 is 11.8 Å². The van der Waals surface area contributed by atoms with Crippen molar-refractivity contribution in [2.75, 3.05) is 44.9 Å². The molecule has 0 saturated carbocycles. The van der Waals surface area contributed by atoms with Crippen LogP contribution in [0.25, 0.3) is 11.3 Å². The van der Waals surface area contributed by atoms with Crippen molar-refractivity contribution in [3.63, 3.8) is 0 Å². The molecule has 3 aromatic rings. The summed E-state index contributed by atoms with van der Waals surface area (Å²) in [5.74, 6) is 0.228. The van der Waals surface area contributed by atoms with Crippen LogP contribution < -0.4 is 9.64 Å². The van der Waals surface area contributed by atoms with Gasteiger partial charge in [0, 0.05) is 51.6 Å². The van der Waals surface area contributed by atoms with Crippen LogP contribution in [0.3, 0.4) is 0 Å². The molecule has 1 aromatic heterocycles. The van der Waals surface area contributed by atoms with Gasteiger partial charge in [-0.15, -0.1) is 0 Å². The number of carboxylic acid groups (broad SMARTS) is 1. The third-order valence-electron chi connectivity index (χ3n) is 9.73. The summed E-state index contributed by atoms with van der Waals surface area (Å²) < 4.78 is 17.5. The number of hydrogen-bond donors (Lipinski definition) is 1. The Morgan fingerprint density at radius 3 is 2.70 bits per heavy atom. The summed E-state index contributed by atoms with van der Waals surface area (Å²) in [4.78, 5) is 21.9. The zero-order chi connectivity index (χ0) is 30.8. The number of rotatable bonds is 9. The van der Waals surface area contributed by atoms with Crippen molar-refractivity contribution in [2.24, 2.45) is 11.8 Å². The molecule has 4 heterocycles. The molecule has 0 amide bonds. The fourth-order valence-corrected chi connectivity index (χ4v) is 7.44. The number of carboxylic acids is 1. The van der Waals surface area contributed by atoms with Crippen LogP contribution in [0.5, 0.6) is 5.75 Å². The van der Waals surface area contributed by atoms with E-state index >= 15 is 0 Å². The van der Waals surface area contributed by atoms with Crippen molar-refractivity contribution in [1.29, 1.82) is 0 Å². The predicted octanol–water partition coefficient (Wildman–Crippen LogP) is 5.65. The molecule has 2 aromatic carbocycles. The summed E-state index contributed by atoms with van der Waals surface area (Å²) in [6, 6.07) is 17.1. The first kappa shape index (κ1) is 30.6. The van der Waals surface area contributed by atoms with Crippen LogP contribution in [0.15, 0.2) is 48.5 Å². The third kappa shape index (κ3) is 6.34. The first-order valence-electron chi connectivity index (χ1n) is 15.9. The van der Waals surface area contributed by atoms with Gasteiger partial charge in [-0.05, 0) is 85.5 Å². The van der Waals surface area contributed by atoms with Gasteiger partial charge in [-0.25, -0.2) is 4.98 Å². The van der Waals surface area contributed by atoms with Gasteiger partial charge in [0.05, 0.1) is 24.3 Å². The van der Waals surface area contributed by atoms with Crippen LogP contribution in [-0.2, 0) is 33.8 Å². The molecule has 3 atom stereocenters. The van der Waals surface area contributed by atoms with E-state index in [-0.39, 0.29) is 12.0 Å². The Labute approximate surface area is 260 Å². The number of nitrogens with zero attached hydrogens (tertiary/aromatic N) is 3. The van der Waals surface area contributed by atoms with Crippen molar-refractivity contribution in [3.05, 3.63) is 76.3 Å². The number of aliphatic carboxylic acids is 1. The highest BCUT2D eigenvalue weighted by atomic mass is 16.5. The maximum Gasteiger partial charge on any atom is 0.309 e. The number of anilines is 1. The van der Waals surface area contributed by atoms with E-state index in [9.17, 15) is 9.90 Å². The molecule has 3 aliphatic heterocycles. The maximum absolute atomic E-state index is 12.1. The molecule has 44 heavy (non-hydrogen) atoms. The van der Waals surface area contributed by atoms with Gasteiger partial charge in [-0.3, -0.25) is 9.69 Å². The van der Waals surface area contributed by atoms with Crippen LogP contribution in [-0.4, -0.2) is 73.1 Å². The summed E-state index contributed by atoms with van der Waals surface area (Å²) in [7, 11) is 1.62. The van der Waals surface area contributed by atoms with Gasteiger partial charge < -0.3 is 24.2 Å². The first-order valence-corrected chi connectivity index (χ1v) is 15.9. The summed E-state index contributed by atoms with van der Waals surface area (Å²) >= 11 is 0. The molecule has 6 rings (SSSR count). The van der Waals surface area contributed by atoms with E-state index in [0.717, 1.165) is 74.0 Å². The molecule has 8 heteroatoms. The van der Waals surface area contributed by atoms with E-state index in [4.69, 9.17) is 19.2 Å². The molecule has 0 radical (unpaired) electrons. The van der Waals surface area contributed by atoms with Gasteiger partial charge in [0.2, 0.25) is 0 Å². The van der Waals surface area contributed by atoms with Gasteiger partial charge in [0.1, 0.15) is 18.2 Å². The summed E-state index contributed by atoms with van der Waals surface area (Å²) in [5.41, 5.74) is 8.28. The van der Waals surface area contributed by atoms with E-state index in [1.54, 1.807) is 7.11 Å². The van der Waals surface area contributed by atoms with Crippen molar-refractivity contribution in [3.8, 4) is 17.0 Å². The highest BCUT2D eigenvalue weighted by Crippen LogP contribution is 2.37. The second kappa shape index (κ2) is 13.3. The van der Waals surface area contributed by atoms with E-state index in [0.29, 0.717) is 25.8 Å². The Bertz CT molecular complexity index is 1490. The highest BCUT2D eigenvalue weighted by Gasteiger charge is 2.44. The normalized spacial score (nSPS) is 22.6. The fourth-order valence-electron chi connectivity index (χ4n) is 7.44. The molecule has 3 aliphatic rings. The van der Waals surface area contributed by atoms with Crippen LogP contribution in [0, 0.1) is 25.7 Å². The average Bonchev–Trinajstić information content (AvgIpc) is 3.36. The number of carbonyl (C=O) groups is 1. The Hall–Kier alpha value is -3.46. The molecule has 2 fully saturated rings. The van der Waals surface area contributed by atoms with Crippen LogP contribution in [0.4, 0.5) is 5.82 Å². The molecule has 0 bridgehead atoms. The number of benzene rings is 2. The number of fused-ring (bicyclic) bond motifs is 1. The SMILES string of the molecule is COCC1C(C(=O)O)[C@@H](C)CN1c1cccc(-c2cc(C)ccc2OCc2cc(C)c3c(c2)CCN(C2CCOCC2)C3)n1. The van der Waals surface area contributed by atoms with Gasteiger partial charge in [-0.2, -0.15) is 0 Å². The zero-order valence-electron chi connectivity index (χ0n) is 26.4. The van der Waals surface area contributed by atoms with Gasteiger partial charge in [0.25, 0.3) is 0 Å². The van der Waals surface area contributed by atoms with Crippen LogP contribution >= 0.6 is 0 Å². The zero-order valence-corrected chi connectivity index (χ0v) is 26.4. The van der Waals surface area contributed by atoms with Crippen molar-refractivity contribution in [1.82, 2.24) is 9.88 Å². The third-order valence-corrected chi connectivity index (χ3v) is 9.73. The van der Waals surface area contributed by atoms with E-state index in [1.807, 2.05) is 31.2 Å². The minimum absolute atomic E-state index is 0.0130. The second-order valence-corrected chi connectivity index (χ2v) is 12.8. The van der Waals surface area contributed by atoms with Crippen molar-refractivity contribution < 1.29 is 24.1 Å². The van der Waals surface area contributed by atoms with Crippen LogP contribution in [0.1, 0.15) is 47.6 Å². The predicted molar refractivity (Wildman–Crippen MR) is 171 cm³/mol. The van der Waals surface area contributed by atoms with Gasteiger partial charge in [-0.1, -0.05) is 36.8 Å². The number of aryl methyl sites for hydroxylation is 2. The standard InChI is InChI=1S/C36H45N3O5/c1-23-8-9-33(44-21-26-17-24(2)30-20-38(13-10-27(30)18-26)28-11-14-43-15-12-28)29(16-23)31-6-5-7-34(37-31)39-19-25(3)35(36(40)41)32(39)22-42-4/h5-9,16-18,25,28,32,35H,10-15,19-22H2,1-4H3,(H,40,41)/t25-,32?,35?/m0/s1. The minimum Gasteiger partial charge on any atom is -0.488 e. The first-order chi connectivity index (χ1) is 21.3. The summed E-state index contributed by atoms with van der Waals surface area (Å²) in [5, 5.41) is 9.92. The Morgan fingerprint density at radius 1 is 1.11 bits per heavy atom.